The van der Waals surface area contributed by atoms with Crippen LogP contribution in [0.1, 0.15) is 0 Å². The van der Waals surface area contributed by atoms with Crippen LogP contribution in [0.3, 0.4) is 0 Å². The van der Waals surface area contributed by atoms with E-state index in [1.807, 2.05) is 0 Å². The van der Waals surface area contributed by atoms with E-state index in [0.717, 1.165) is 0 Å². The zero-order chi connectivity index (χ0) is 4.71. The van der Waals surface area contributed by atoms with Gasteiger partial charge in [0.25, 0.3) is 0 Å². The quantitative estimate of drug-likeness (QED) is 0.573. The van der Waals surface area contributed by atoms with Crippen LogP contribution in [0.5, 0.6) is 0 Å². The normalized spacial score (nSPS) is 2.00. The van der Waals surface area contributed by atoms with Crippen LogP contribution < -0.4 is 0 Å². The molecule has 0 rings (SSSR count). The second-order valence-electron chi connectivity index (χ2n) is 0.0833. The Kier molecular flexibility index (Phi) is 73.0. The van der Waals surface area contributed by atoms with E-state index < -0.39 is 19.1 Å². The molecule has 0 saturated heterocycles. The molecular formula is CeMnO3Ti. The van der Waals surface area contributed by atoms with E-state index in [1.54, 1.807) is 15.9 Å². The molecule has 0 amide bonds. The number of hydrogen-bond acceptors (Lipinski definition) is 3. The molecule has 6 heteroatoms. The van der Waals surface area contributed by atoms with Gasteiger partial charge in [0, 0.05) is 41.7 Å². The van der Waals surface area contributed by atoms with Gasteiger partial charge in [-0.1, -0.05) is 0 Å². The fraction of sp³-hybridized carbons (Fsp3) is 0. The van der Waals surface area contributed by atoms with Gasteiger partial charge in [-0.3, -0.25) is 0 Å². The first-order chi connectivity index (χ1) is 2.41. The summed E-state index contributed by atoms with van der Waals surface area (Å²) in [6.07, 6.45) is 0. The van der Waals surface area contributed by atoms with Crippen molar-refractivity contribution >= 4 is 0 Å². The van der Waals surface area contributed by atoms with Gasteiger partial charge < -0.3 is 0 Å². The second-order valence-corrected chi connectivity index (χ2v) is 0.344. The topological polar surface area (TPSA) is 51.2 Å². The van der Waals surface area contributed by atoms with Gasteiger partial charge >= 0.3 is 45.5 Å². The van der Waals surface area contributed by atoms with Crippen LogP contribution in [0.4, 0.5) is 0 Å². The molecule has 33 valence electrons. The van der Waals surface area contributed by atoms with Gasteiger partial charge in [0.1, 0.15) is 0 Å². The van der Waals surface area contributed by atoms with Crippen molar-refractivity contribution in [3.8, 4) is 0 Å². The number of rotatable bonds is 0. The molecule has 0 radical (unpaired) electrons. The number of hydrogen-bond donors (Lipinski definition) is 0. The first-order valence-corrected chi connectivity index (χ1v) is 2.32. The van der Waals surface area contributed by atoms with E-state index >= 15 is 0 Å². The molecule has 3 nitrogen and oxygen atoms in total. The third kappa shape index (κ3) is 37.3. The molecule has 0 spiro atoms. The van der Waals surface area contributed by atoms with Crippen molar-refractivity contribution in [3.63, 3.8) is 0 Å². The standard InChI is InChI=1S/Ce.Mn.3O.Ti. The molecule has 0 saturated carbocycles. The Bertz CT molecular complexity index is 40.1. The van der Waals surface area contributed by atoms with E-state index in [1.165, 1.54) is 0 Å². The third-order valence-corrected chi connectivity index (χ3v) is 0. The molecule has 0 bridgehead atoms. The summed E-state index contributed by atoms with van der Waals surface area (Å²) in [6.45, 7) is 0. The van der Waals surface area contributed by atoms with E-state index in [2.05, 4.69) is 0 Å². The Balaban J connectivity index is -0.0000000275. The van der Waals surface area contributed by atoms with Gasteiger partial charge in [-0.15, -0.1) is 0 Å². The fourth-order valence-electron chi connectivity index (χ4n) is 0. The summed E-state index contributed by atoms with van der Waals surface area (Å²) in [7, 11) is 0. The van der Waals surface area contributed by atoms with Crippen LogP contribution in [-0.2, 0) is 45.5 Å². The minimum absolute atomic E-state index is 0. The summed E-state index contributed by atoms with van der Waals surface area (Å²) in [5.41, 5.74) is 0. The van der Waals surface area contributed by atoms with Crippen molar-refractivity contribution in [2.75, 3.05) is 0 Å². The molecule has 0 fully saturated rings. The first-order valence-electron chi connectivity index (χ1n) is 0.563. The molecule has 0 aromatic carbocycles. The average Bonchev–Trinajstić information content (AvgIpc) is 1.46. The second kappa shape index (κ2) is 27.9. The van der Waals surface area contributed by atoms with Crippen LogP contribution in [0, 0.1) is 41.7 Å². The first kappa shape index (κ1) is 15.7. The molecule has 0 aromatic rings. The van der Waals surface area contributed by atoms with Gasteiger partial charge in [0.2, 0.25) is 0 Å². The molecule has 0 atom stereocenters. The van der Waals surface area contributed by atoms with Crippen LogP contribution in [0.25, 0.3) is 0 Å². The summed E-state index contributed by atoms with van der Waals surface area (Å²) in [5.74, 6) is 0. The molecule has 0 heterocycles. The summed E-state index contributed by atoms with van der Waals surface area (Å²) in [4.78, 5) is 0. The van der Waals surface area contributed by atoms with Crippen molar-refractivity contribution in [2.45, 2.75) is 0 Å². The van der Waals surface area contributed by atoms with E-state index in [-0.39, 0.29) is 41.7 Å². The summed E-state index contributed by atoms with van der Waals surface area (Å²) >= 11 is -0.312. The van der Waals surface area contributed by atoms with Gasteiger partial charge in [-0.25, -0.2) is 0 Å². The van der Waals surface area contributed by atoms with Crippen molar-refractivity contribution in [1.82, 2.24) is 0 Å². The van der Waals surface area contributed by atoms with E-state index in [4.69, 9.17) is 10.5 Å². The zero-order valence-electron chi connectivity index (χ0n) is 2.60. The van der Waals surface area contributed by atoms with E-state index in [0.29, 0.717) is 0 Å². The Morgan fingerprint density at radius 2 is 1.17 bits per heavy atom. The van der Waals surface area contributed by atoms with E-state index in [9.17, 15) is 0 Å². The molecule has 0 aliphatic carbocycles. The van der Waals surface area contributed by atoms with Crippen molar-refractivity contribution in [1.29, 1.82) is 0 Å². The molecule has 0 aliphatic rings. The Hall–Kier alpha value is 2.01. The van der Waals surface area contributed by atoms with Crippen LogP contribution in [0.15, 0.2) is 0 Å². The summed E-state index contributed by atoms with van der Waals surface area (Å²) in [6, 6.07) is 0. The van der Waals surface area contributed by atoms with Crippen molar-refractivity contribution in [3.05, 3.63) is 0 Å². The van der Waals surface area contributed by atoms with Gasteiger partial charge in [-0.2, -0.15) is 0 Å². The van der Waals surface area contributed by atoms with Crippen LogP contribution in [0.2, 0.25) is 0 Å². The molecular weight excluding hydrogens is 291 g/mol. The average molecular weight is 291 g/mol. The maximum atomic E-state index is 8.50. The van der Waals surface area contributed by atoms with Gasteiger partial charge in [0.05, 0.1) is 0 Å². The SMILES string of the molecule is [Ce].[O]=[Mn].[O]=[Ti]=[O]. The van der Waals surface area contributed by atoms with Crippen molar-refractivity contribution in [2.24, 2.45) is 0 Å². The molecule has 0 unspecified atom stereocenters. The van der Waals surface area contributed by atoms with Crippen LogP contribution in [-0.4, -0.2) is 0 Å². The third-order valence-electron chi connectivity index (χ3n) is 0. The molecule has 6 heavy (non-hydrogen) atoms. The molecule has 0 aromatic heterocycles. The zero-order valence-corrected chi connectivity index (χ0v) is 8.48. The summed E-state index contributed by atoms with van der Waals surface area (Å²) in [5, 5.41) is 0. The molecule has 0 N–H and O–H groups in total. The minimum atomic E-state index is -2.00. The monoisotopic (exact) mass is 291 g/mol. The Morgan fingerprint density at radius 3 is 1.17 bits per heavy atom. The predicted octanol–water partition coefficient (Wildman–Crippen LogP) is -0.361. The molecule has 0 aliphatic heterocycles. The maximum absolute atomic E-state index is 8.50. The van der Waals surface area contributed by atoms with Crippen LogP contribution >= 0.6 is 0 Å². The Morgan fingerprint density at radius 1 is 1.17 bits per heavy atom. The Labute approximate surface area is 85.6 Å². The van der Waals surface area contributed by atoms with Crippen molar-refractivity contribution < 1.29 is 87.3 Å². The fourth-order valence-corrected chi connectivity index (χ4v) is 0. The predicted molar refractivity (Wildman–Crippen MR) is 2.06 cm³/mol. The van der Waals surface area contributed by atoms with Gasteiger partial charge in [0.15, 0.2) is 0 Å². The summed E-state index contributed by atoms with van der Waals surface area (Å²) < 4.78 is 25.1. The van der Waals surface area contributed by atoms with Gasteiger partial charge in [-0.05, 0) is 0 Å².